The minimum absolute atomic E-state index is 0.501. The maximum atomic E-state index is 4.63. The molecule has 0 saturated heterocycles. The van der Waals surface area contributed by atoms with Crippen molar-refractivity contribution >= 4 is 63.7 Å². The smallest absolute Gasteiger partial charge is 0.0484 e. The van der Waals surface area contributed by atoms with Crippen LogP contribution in [0.25, 0.3) is 0 Å². The molecule has 0 atom stereocenters. The van der Waals surface area contributed by atoms with Gasteiger partial charge < -0.3 is 0 Å². The van der Waals surface area contributed by atoms with E-state index in [1.54, 1.807) is 0 Å². The molecule has 24 heavy (non-hydrogen) atoms. The van der Waals surface area contributed by atoms with Gasteiger partial charge in [0.05, 0.1) is 0 Å². The van der Waals surface area contributed by atoms with Gasteiger partial charge in [0.2, 0.25) is 0 Å². The highest BCUT2D eigenvalue weighted by molar-refractivity contribution is 9.13. The molecule has 4 heteroatoms. The Labute approximate surface area is 174 Å². The van der Waals surface area contributed by atoms with Gasteiger partial charge in [-0.1, -0.05) is 63.7 Å². The summed E-state index contributed by atoms with van der Waals surface area (Å²) in [7, 11) is 0. The normalized spacial score (nSPS) is 104. The van der Waals surface area contributed by atoms with E-state index in [9.17, 15) is 0 Å². The topological polar surface area (TPSA) is 0 Å². The zero-order valence-electron chi connectivity index (χ0n) is 12.7. The summed E-state index contributed by atoms with van der Waals surface area (Å²) in [4.78, 5) is 0. The predicted octanol–water partition coefficient (Wildman–Crippen LogP) is 4.53. The highest BCUT2D eigenvalue weighted by atomic mass is 79.9. The standard InChI is InChI=1S/C20H16Br4/c21-17-9-1-2-11(17)7-8-12(2)18(22)10(1)6-5(9)13-3-4(15(7)19(13,17)23)16(8)20(18,24)14(3)6/h1-16H. The third-order valence-electron chi connectivity index (χ3n) is 13.5. The van der Waals surface area contributed by atoms with Gasteiger partial charge >= 0.3 is 0 Å². The van der Waals surface area contributed by atoms with Gasteiger partial charge in [-0.25, -0.2) is 0 Å². The van der Waals surface area contributed by atoms with E-state index in [0.717, 1.165) is 94.7 Å². The molecule has 0 aliphatic heterocycles. The van der Waals surface area contributed by atoms with Crippen LogP contribution in [0, 0.1) is 94.7 Å². The first-order chi connectivity index (χ1) is 11.5. The largest absolute Gasteiger partial charge is 0.0831 e. The van der Waals surface area contributed by atoms with Crippen molar-refractivity contribution < 1.29 is 0 Å². The van der Waals surface area contributed by atoms with Crippen LogP contribution in [0.15, 0.2) is 0 Å². The van der Waals surface area contributed by atoms with Crippen molar-refractivity contribution in [2.45, 2.75) is 17.3 Å². The van der Waals surface area contributed by atoms with Crippen LogP contribution in [0.3, 0.4) is 0 Å². The van der Waals surface area contributed by atoms with Crippen LogP contribution in [0.5, 0.6) is 0 Å². The van der Waals surface area contributed by atoms with E-state index < -0.39 is 0 Å². The lowest BCUT2D eigenvalue weighted by Crippen LogP contribution is -2.52. The number of hydrogen-bond acceptors (Lipinski definition) is 0. The van der Waals surface area contributed by atoms with E-state index in [1.807, 2.05) is 0 Å². The minimum Gasteiger partial charge on any atom is -0.0831 e. The Bertz CT molecular complexity index is 664. The highest BCUT2D eigenvalue weighted by Gasteiger charge is 3.09. The van der Waals surface area contributed by atoms with Crippen molar-refractivity contribution in [1.29, 1.82) is 0 Å². The van der Waals surface area contributed by atoms with Crippen molar-refractivity contribution in [2.75, 3.05) is 0 Å². The van der Waals surface area contributed by atoms with Gasteiger partial charge in [-0.2, -0.15) is 0 Å². The molecule has 0 aromatic carbocycles. The first-order valence-electron chi connectivity index (χ1n) is 10.2. The number of hydrogen-bond donors (Lipinski definition) is 0. The highest BCUT2D eigenvalue weighted by Crippen LogP contribution is 3.07. The van der Waals surface area contributed by atoms with Crippen molar-refractivity contribution in [1.82, 2.24) is 0 Å². The lowest BCUT2D eigenvalue weighted by Gasteiger charge is -2.45. The maximum Gasteiger partial charge on any atom is 0.0484 e. The summed E-state index contributed by atoms with van der Waals surface area (Å²) in [6, 6.07) is 0. The fourth-order valence-electron chi connectivity index (χ4n) is 15.1. The monoisotopic (exact) mass is 572 g/mol. The summed E-state index contributed by atoms with van der Waals surface area (Å²) in [6.07, 6.45) is 0. The van der Waals surface area contributed by atoms with E-state index in [2.05, 4.69) is 63.7 Å². The molecule has 0 bridgehead atoms. The fraction of sp³-hybridized carbons (Fsp3) is 1.00. The van der Waals surface area contributed by atoms with E-state index in [-0.39, 0.29) is 0 Å². The van der Waals surface area contributed by atoms with Gasteiger partial charge in [0, 0.05) is 17.3 Å². The van der Waals surface area contributed by atoms with Crippen LogP contribution in [-0.2, 0) is 0 Å². The van der Waals surface area contributed by atoms with E-state index >= 15 is 0 Å². The van der Waals surface area contributed by atoms with Gasteiger partial charge in [0.15, 0.2) is 0 Å². The second-order valence-corrected chi connectivity index (χ2v) is 17.1. The predicted molar refractivity (Wildman–Crippen MR) is 102 cm³/mol. The number of rotatable bonds is 0. The molecule has 0 aromatic rings. The summed E-state index contributed by atoms with van der Waals surface area (Å²) in [5.74, 6) is 16.8. The first kappa shape index (κ1) is 12.5. The second kappa shape index (κ2) is 2.61. The molecule has 12 rings (SSSR count). The van der Waals surface area contributed by atoms with E-state index in [0.29, 0.717) is 17.3 Å². The fourth-order valence-corrected chi connectivity index (χ4v) is 22.1. The molecule has 12 aliphatic carbocycles. The molecule has 0 aromatic heterocycles. The Morgan fingerprint density at radius 1 is 0.292 bits per heavy atom. The van der Waals surface area contributed by atoms with E-state index in [1.165, 1.54) is 0 Å². The van der Waals surface area contributed by atoms with E-state index in [4.69, 9.17) is 0 Å². The van der Waals surface area contributed by atoms with Crippen molar-refractivity contribution in [2.24, 2.45) is 94.7 Å². The zero-order chi connectivity index (χ0) is 15.2. The Morgan fingerprint density at radius 3 is 0.542 bits per heavy atom. The first-order valence-corrected chi connectivity index (χ1v) is 13.4. The van der Waals surface area contributed by atoms with Crippen LogP contribution in [-0.4, -0.2) is 17.3 Å². The Hall–Kier alpha value is 1.92. The zero-order valence-corrected chi connectivity index (χ0v) is 19.1. The lowest BCUT2D eigenvalue weighted by molar-refractivity contribution is 0.198. The molecule has 0 spiro atoms. The molecule has 12 aliphatic rings. The molecule has 124 valence electrons. The average molecular weight is 576 g/mol. The summed E-state index contributed by atoms with van der Waals surface area (Å²) in [5.41, 5.74) is 0. The Kier molecular flexibility index (Phi) is 1.36. The second-order valence-electron chi connectivity index (χ2n) is 11.9. The Morgan fingerprint density at radius 2 is 0.417 bits per heavy atom. The van der Waals surface area contributed by atoms with Gasteiger partial charge in [0.1, 0.15) is 0 Å². The Balaban J connectivity index is 1.48. The molecule has 0 heterocycles. The van der Waals surface area contributed by atoms with Crippen LogP contribution in [0.2, 0.25) is 0 Å². The minimum atomic E-state index is 0.501. The molecular weight excluding hydrogens is 560 g/mol. The quantitative estimate of drug-likeness (QED) is 0.373. The third kappa shape index (κ3) is 0.574. The van der Waals surface area contributed by atoms with Gasteiger partial charge in [0.25, 0.3) is 0 Å². The summed E-state index contributed by atoms with van der Waals surface area (Å²) >= 11 is 18.5. The van der Waals surface area contributed by atoms with Crippen LogP contribution in [0.4, 0.5) is 0 Å². The van der Waals surface area contributed by atoms with Crippen molar-refractivity contribution in [3.05, 3.63) is 0 Å². The number of alkyl halides is 4. The van der Waals surface area contributed by atoms with Crippen LogP contribution in [0.1, 0.15) is 0 Å². The lowest BCUT2D eigenvalue weighted by atomic mass is 9.77. The molecule has 0 nitrogen and oxygen atoms in total. The molecule has 0 N–H and O–H groups in total. The summed E-state index contributed by atoms with van der Waals surface area (Å²) in [5, 5.41) is 0. The van der Waals surface area contributed by atoms with Crippen molar-refractivity contribution in [3.8, 4) is 0 Å². The van der Waals surface area contributed by atoms with Crippen LogP contribution < -0.4 is 0 Å². The number of halogens is 4. The maximum absolute atomic E-state index is 4.63. The average Bonchev–Trinajstić information content (AvgIpc) is 3.27. The van der Waals surface area contributed by atoms with Gasteiger partial charge in [-0.05, 0) is 94.7 Å². The van der Waals surface area contributed by atoms with Crippen molar-refractivity contribution in [3.63, 3.8) is 0 Å². The molecule has 12 saturated carbocycles. The molecule has 0 radical (unpaired) electrons. The summed E-state index contributed by atoms with van der Waals surface area (Å²) < 4.78 is 2.00. The molecule has 12 fully saturated rings. The third-order valence-corrected chi connectivity index (χ3v) is 21.4. The molecule has 0 unspecified atom stereocenters. The molecule has 0 amide bonds. The van der Waals surface area contributed by atoms with Gasteiger partial charge in [-0.3, -0.25) is 0 Å². The van der Waals surface area contributed by atoms with Crippen LogP contribution >= 0.6 is 63.7 Å². The SMILES string of the molecule is BrC12C3C4C5C6C3C3C1C1C7C3C6(Br)C3(Br)C5C5C(C1C2(Br)C45)C73. The summed E-state index contributed by atoms with van der Waals surface area (Å²) in [6.45, 7) is 0. The van der Waals surface area contributed by atoms with Gasteiger partial charge in [-0.15, -0.1) is 0 Å². The molecular formula is C20H16Br4.